The molecule has 0 aliphatic heterocycles. The molecule has 0 N–H and O–H groups in total. The van der Waals surface area contributed by atoms with Gasteiger partial charge < -0.3 is 4.42 Å². The monoisotopic (exact) mass is 386 g/mol. The second kappa shape index (κ2) is 6.53. The van der Waals surface area contributed by atoms with Crippen LogP contribution in [0.1, 0.15) is 5.56 Å². The molecule has 3 nitrogen and oxygen atoms in total. The minimum Gasteiger partial charge on any atom is -0.455 e. The van der Waals surface area contributed by atoms with E-state index < -0.39 is 0 Å². The SMILES string of the molecule is Cc1ccc2oc3c(-c4nc(-c5ccccc5)nc5ccccc45)cccc3c2c1. The van der Waals surface area contributed by atoms with Crippen LogP contribution in [0, 0.1) is 6.92 Å². The van der Waals surface area contributed by atoms with E-state index in [0.717, 1.165) is 49.7 Å². The van der Waals surface area contributed by atoms with Crippen molar-refractivity contribution in [3.63, 3.8) is 0 Å². The summed E-state index contributed by atoms with van der Waals surface area (Å²) in [7, 11) is 0. The maximum absolute atomic E-state index is 6.33. The molecule has 0 saturated heterocycles. The fourth-order valence-electron chi connectivity index (χ4n) is 4.10. The Morgan fingerprint density at radius 3 is 2.37 bits per heavy atom. The van der Waals surface area contributed by atoms with Crippen LogP contribution in [-0.2, 0) is 0 Å². The van der Waals surface area contributed by atoms with Crippen molar-refractivity contribution in [2.24, 2.45) is 0 Å². The Kier molecular flexibility index (Phi) is 3.68. The smallest absolute Gasteiger partial charge is 0.160 e. The molecule has 0 aliphatic carbocycles. The van der Waals surface area contributed by atoms with Gasteiger partial charge in [-0.05, 0) is 31.2 Å². The lowest BCUT2D eigenvalue weighted by molar-refractivity contribution is 0.670. The predicted octanol–water partition coefficient (Wildman–Crippen LogP) is 7.17. The first kappa shape index (κ1) is 16.9. The highest BCUT2D eigenvalue weighted by Crippen LogP contribution is 2.38. The van der Waals surface area contributed by atoms with Crippen molar-refractivity contribution in [1.82, 2.24) is 9.97 Å². The highest BCUT2D eigenvalue weighted by atomic mass is 16.3. The zero-order valence-corrected chi connectivity index (χ0v) is 16.5. The molecule has 0 bridgehead atoms. The standard InChI is InChI=1S/C27H18N2O/c1-17-14-15-24-22(16-17)19-11-7-12-21(26(19)30-24)25-20-10-5-6-13-23(20)28-27(29-25)18-8-3-2-4-9-18/h2-16H,1H3. The van der Waals surface area contributed by atoms with Crippen LogP contribution in [0.5, 0.6) is 0 Å². The molecule has 30 heavy (non-hydrogen) atoms. The van der Waals surface area contributed by atoms with Gasteiger partial charge in [-0.15, -0.1) is 0 Å². The number of furan rings is 1. The van der Waals surface area contributed by atoms with E-state index in [-0.39, 0.29) is 0 Å². The number of aromatic nitrogens is 2. The third-order valence-corrected chi connectivity index (χ3v) is 5.54. The van der Waals surface area contributed by atoms with Gasteiger partial charge in [0.2, 0.25) is 0 Å². The number of aryl methyl sites for hydroxylation is 1. The first-order chi connectivity index (χ1) is 14.8. The molecule has 0 amide bonds. The van der Waals surface area contributed by atoms with E-state index >= 15 is 0 Å². The van der Waals surface area contributed by atoms with Crippen LogP contribution >= 0.6 is 0 Å². The average Bonchev–Trinajstić information content (AvgIpc) is 3.17. The quantitative estimate of drug-likeness (QED) is 0.317. The molecule has 0 radical (unpaired) electrons. The molecule has 0 unspecified atom stereocenters. The van der Waals surface area contributed by atoms with Gasteiger partial charge in [0.15, 0.2) is 5.82 Å². The van der Waals surface area contributed by atoms with Crippen LogP contribution in [0.4, 0.5) is 0 Å². The first-order valence-corrected chi connectivity index (χ1v) is 10.0. The molecular formula is C27H18N2O. The first-order valence-electron chi connectivity index (χ1n) is 10.0. The maximum Gasteiger partial charge on any atom is 0.160 e. The van der Waals surface area contributed by atoms with E-state index in [1.165, 1.54) is 5.56 Å². The topological polar surface area (TPSA) is 38.9 Å². The number of hydrogen-bond acceptors (Lipinski definition) is 3. The van der Waals surface area contributed by atoms with Crippen LogP contribution in [0.25, 0.3) is 55.5 Å². The van der Waals surface area contributed by atoms with Crippen molar-refractivity contribution in [3.05, 3.63) is 96.6 Å². The van der Waals surface area contributed by atoms with Crippen molar-refractivity contribution >= 4 is 32.8 Å². The van der Waals surface area contributed by atoms with E-state index in [9.17, 15) is 0 Å². The zero-order chi connectivity index (χ0) is 20.1. The molecule has 4 aromatic carbocycles. The molecular weight excluding hydrogens is 368 g/mol. The lowest BCUT2D eigenvalue weighted by atomic mass is 10.0. The Bertz CT molecular complexity index is 1550. The second-order valence-corrected chi connectivity index (χ2v) is 7.56. The van der Waals surface area contributed by atoms with Crippen LogP contribution in [0.3, 0.4) is 0 Å². The van der Waals surface area contributed by atoms with Crippen LogP contribution in [-0.4, -0.2) is 9.97 Å². The Morgan fingerprint density at radius 1 is 0.667 bits per heavy atom. The zero-order valence-electron chi connectivity index (χ0n) is 16.5. The molecule has 0 saturated carbocycles. The summed E-state index contributed by atoms with van der Waals surface area (Å²) >= 11 is 0. The normalized spacial score (nSPS) is 11.5. The van der Waals surface area contributed by atoms with E-state index in [2.05, 4.69) is 43.3 Å². The van der Waals surface area contributed by atoms with Crippen molar-refractivity contribution in [2.45, 2.75) is 6.92 Å². The van der Waals surface area contributed by atoms with Gasteiger partial charge in [0.1, 0.15) is 11.2 Å². The fourth-order valence-corrected chi connectivity index (χ4v) is 4.10. The highest BCUT2D eigenvalue weighted by Gasteiger charge is 2.17. The van der Waals surface area contributed by atoms with Gasteiger partial charge in [-0.2, -0.15) is 0 Å². The molecule has 6 rings (SSSR count). The number of rotatable bonds is 2. The number of para-hydroxylation sites is 2. The lowest BCUT2D eigenvalue weighted by Gasteiger charge is -2.09. The Labute approximate surface area is 173 Å². The van der Waals surface area contributed by atoms with Crippen LogP contribution in [0.2, 0.25) is 0 Å². The highest BCUT2D eigenvalue weighted by molar-refractivity contribution is 6.11. The number of benzene rings is 4. The van der Waals surface area contributed by atoms with Gasteiger partial charge in [-0.1, -0.05) is 72.3 Å². The summed E-state index contributed by atoms with van der Waals surface area (Å²) < 4.78 is 6.33. The largest absolute Gasteiger partial charge is 0.455 e. The maximum atomic E-state index is 6.33. The van der Waals surface area contributed by atoms with E-state index in [0.29, 0.717) is 5.82 Å². The summed E-state index contributed by atoms with van der Waals surface area (Å²) in [6.45, 7) is 2.10. The minimum atomic E-state index is 0.716. The summed E-state index contributed by atoms with van der Waals surface area (Å²) in [5, 5.41) is 3.25. The fraction of sp³-hybridized carbons (Fsp3) is 0.0370. The molecule has 0 atom stereocenters. The van der Waals surface area contributed by atoms with Gasteiger partial charge in [-0.25, -0.2) is 9.97 Å². The van der Waals surface area contributed by atoms with Gasteiger partial charge in [0, 0.05) is 27.3 Å². The van der Waals surface area contributed by atoms with E-state index in [4.69, 9.17) is 14.4 Å². The van der Waals surface area contributed by atoms with Crippen molar-refractivity contribution in [3.8, 4) is 22.6 Å². The Hall–Kier alpha value is -3.98. The van der Waals surface area contributed by atoms with E-state index in [1.54, 1.807) is 0 Å². The summed E-state index contributed by atoms with van der Waals surface area (Å²) in [4.78, 5) is 9.83. The number of nitrogens with zero attached hydrogens (tertiary/aromatic N) is 2. The minimum absolute atomic E-state index is 0.716. The molecule has 3 heteroatoms. The second-order valence-electron chi connectivity index (χ2n) is 7.56. The number of hydrogen-bond donors (Lipinski definition) is 0. The molecule has 0 aliphatic rings. The molecule has 2 heterocycles. The van der Waals surface area contributed by atoms with Gasteiger partial charge in [-0.3, -0.25) is 0 Å². The Morgan fingerprint density at radius 2 is 1.47 bits per heavy atom. The van der Waals surface area contributed by atoms with Crippen molar-refractivity contribution in [2.75, 3.05) is 0 Å². The molecule has 0 fully saturated rings. The average molecular weight is 386 g/mol. The summed E-state index contributed by atoms with van der Waals surface area (Å²) in [6, 6.07) is 30.8. The summed E-state index contributed by atoms with van der Waals surface area (Å²) in [5.41, 5.74) is 6.76. The molecule has 2 aromatic heterocycles. The van der Waals surface area contributed by atoms with Crippen LogP contribution < -0.4 is 0 Å². The third kappa shape index (κ3) is 2.60. The van der Waals surface area contributed by atoms with Crippen LogP contribution in [0.15, 0.2) is 95.4 Å². The van der Waals surface area contributed by atoms with Gasteiger partial charge >= 0.3 is 0 Å². The number of fused-ring (bicyclic) bond motifs is 4. The molecule has 142 valence electrons. The summed E-state index contributed by atoms with van der Waals surface area (Å²) in [5.74, 6) is 0.716. The predicted molar refractivity (Wildman–Crippen MR) is 122 cm³/mol. The summed E-state index contributed by atoms with van der Waals surface area (Å²) in [6.07, 6.45) is 0. The van der Waals surface area contributed by atoms with Crippen molar-refractivity contribution in [1.29, 1.82) is 0 Å². The van der Waals surface area contributed by atoms with Gasteiger partial charge in [0.05, 0.1) is 11.2 Å². The third-order valence-electron chi connectivity index (χ3n) is 5.54. The van der Waals surface area contributed by atoms with Gasteiger partial charge in [0.25, 0.3) is 0 Å². The van der Waals surface area contributed by atoms with Crippen molar-refractivity contribution < 1.29 is 4.42 Å². The lowest BCUT2D eigenvalue weighted by Crippen LogP contribution is -1.95. The molecule has 0 spiro atoms. The molecule has 6 aromatic rings. The van der Waals surface area contributed by atoms with E-state index in [1.807, 2.05) is 54.6 Å². The Balaban J connectivity index is 1.70.